The van der Waals surface area contributed by atoms with Crippen LogP contribution in [0.5, 0.6) is 0 Å². The van der Waals surface area contributed by atoms with Crippen molar-refractivity contribution in [3.63, 3.8) is 0 Å². The lowest BCUT2D eigenvalue weighted by Crippen LogP contribution is -2.43. The van der Waals surface area contributed by atoms with Crippen molar-refractivity contribution in [3.8, 4) is 0 Å². The largest absolute Gasteiger partial charge is 0.481 e. The lowest BCUT2D eigenvalue weighted by Gasteiger charge is -2.16. The lowest BCUT2D eigenvalue weighted by atomic mass is 10.1. The molecule has 0 aromatic heterocycles. The quantitative estimate of drug-likeness (QED) is 0.682. The first kappa shape index (κ1) is 16.0. The molecule has 1 rings (SSSR count). The van der Waals surface area contributed by atoms with E-state index in [9.17, 15) is 9.59 Å². The number of hydrogen-bond donors (Lipinski definition) is 3. The van der Waals surface area contributed by atoms with Crippen LogP contribution in [0.25, 0.3) is 0 Å². The maximum atomic E-state index is 11.7. The summed E-state index contributed by atoms with van der Waals surface area (Å²) < 4.78 is 0. The fourth-order valence-corrected chi connectivity index (χ4v) is 1.99. The van der Waals surface area contributed by atoms with E-state index in [-0.39, 0.29) is 18.5 Å². The average Bonchev–Trinajstić information content (AvgIpc) is 2.39. The highest BCUT2D eigenvalue weighted by atomic mass is 16.4. The third-order valence-electron chi connectivity index (χ3n) is 2.94. The van der Waals surface area contributed by atoms with E-state index in [1.165, 1.54) is 0 Å². The van der Waals surface area contributed by atoms with Gasteiger partial charge in [-0.2, -0.15) is 0 Å². The number of benzene rings is 1. The minimum atomic E-state index is -0.895. The monoisotopic (exact) mass is 278 g/mol. The fourth-order valence-electron chi connectivity index (χ4n) is 1.99. The Bertz CT molecular complexity index is 420. The summed E-state index contributed by atoms with van der Waals surface area (Å²) in [5, 5.41) is 14.2. The molecule has 0 spiro atoms. The first-order chi connectivity index (χ1) is 9.61. The predicted molar refractivity (Wildman–Crippen MR) is 77.6 cm³/mol. The molecule has 5 heteroatoms. The van der Waals surface area contributed by atoms with Crippen molar-refractivity contribution in [2.24, 2.45) is 0 Å². The molecule has 0 aliphatic rings. The summed E-state index contributed by atoms with van der Waals surface area (Å²) in [7, 11) is 0. The third-order valence-corrected chi connectivity index (χ3v) is 2.94. The summed E-state index contributed by atoms with van der Waals surface area (Å²) in [6, 6.07) is 9.26. The van der Waals surface area contributed by atoms with Crippen LogP contribution in [0.1, 0.15) is 31.7 Å². The van der Waals surface area contributed by atoms with Gasteiger partial charge in [-0.25, -0.2) is 4.79 Å². The zero-order valence-corrected chi connectivity index (χ0v) is 11.8. The fraction of sp³-hybridized carbons (Fsp3) is 0.467. The number of urea groups is 1. The van der Waals surface area contributed by atoms with Crippen LogP contribution >= 0.6 is 0 Å². The molecule has 1 unspecified atom stereocenters. The average molecular weight is 278 g/mol. The number of carbonyl (C=O) groups excluding carboxylic acids is 1. The number of carboxylic acid groups (broad SMARTS) is 1. The van der Waals surface area contributed by atoms with Crippen molar-refractivity contribution >= 4 is 12.0 Å². The van der Waals surface area contributed by atoms with Crippen LogP contribution in [0, 0.1) is 0 Å². The summed E-state index contributed by atoms with van der Waals surface area (Å²) >= 11 is 0. The number of amides is 2. The van der Waals surface area contributed by atoms with Crippen LogP contribution in [-0.2, 0) is 11.2 Å². The molecule has 1 atom stereocenters. The summed E-state index contributed by atoms with van der Waals surface area (Å²) in [6.45, 7) is 2.49. The molecular formula is C15H22N2O3. The highest BCUT2D eigenvalue weighted by Crippen LogP contribution is 2.02. The highest BCUT2D eigenvalue weighted by molar-refractivity contribution is 5.75. The summed E-state index contributed by atoms with van der Waals surface area (Å²) in [4.78, 5) is 22.4. The molecular weight excluding hydrogens is 256 g/mol. The van der Waals surface area contributed by atoms with E-state index >= 15 is 0 Å². The molecule has 0 saturated carbocycles. The molecule has 1 aromatic rings. The Labute approximate surface area is 119 Å². The highest BCUT2D eigenvalue weighted by Gasteiger charge is 2.14. The minimum Gasteiger partial charge on any atom is -0.481 e. The van der Waals surface area contributed by atoms with Gasteiger partial charge in [-0.1, -0.05) is 43.7 Å². The van der Waals surface area contributed by atoms with Crippen LogP contribution in [0.3, 0.4) is 0 Å². The molecule has 20 heavy (non-hydrogen) atoms. The number of carbonyl (C=O) groups is 2. The number of hydrogen-bond acceptors (Lipinski definition) is 2. The van der Waals surface area contributed by atoms with Crippen LogP contribution in [0.4, 0.5) is 4.79 Å². The van der Waals surface area contributed by atoms with Gasteiger partial charge in [0.1, 0.15) is 0 Å². The van der Waals surface area contributed by atoms with Crippen molar-refractivity contribution < 1.29 is 14.7 Å². The second kappa shape index (κ2) is 8.96. The SMILES string of the molecule is CCCC(CC(=O)O)NC(=O)NCCc1ccccc1. The molecule has 110 valence electrons. The van der Waals surface area contributed by atoms with Gasteiger partial charge in [-0.3, -0.25) is 4.79 Å². The van der Waals surface area contributed by atoms with E-state index in [2.05, 4.69) is 10.6 Å². The number of nitrogens with one attached hydrogen (secondary N) is 2. The third kappa shape index (κ3) is 6.78. The molecule has 0 heterocycles. The lowest BCUT2D eigenvalue weighted by molar-refractivity contribution is -0.137. The Balaban J connectivity index is 2.29. The van der Waals surface area contributed by atoms with Crippen LogP contribution in [0.2, 0.25) is 0 Å². The maximum Gasteiger partial charge on any atom is 0.315 e. The van der Waals surface area contributed by atoms with E-state index in [1.54, 1.807) is 0 Å². The number of carboxylic acids is 1. The van der Waals surface area contributed by atoms with E-state index in [0.29, 0.717) is 13.0 Å². The number of aliphatic carboxylic acids is 1. The summed E-state index contributed by atoms with van der Waals surface area (Å²) in [5.74, 6) is -0.895. The second-order valence-corrected chi connectivity index (χ2v) is 4.72. The van der Waals surface area contributed by atoms with Crippen molar-refractivity contribution in [2.45, 2.75) is 38.6 Å². The van der Waals surface area contributed by atoms with E-state index in [0.717, 1.165) is 18.4 Å². The van der Waals surface area contributed by atoms with Crippen LogP contribution in [0.15, 0.2) is 30.3 Å². The van der Waals surface area contributed by atoms with Gasteiger partial charge < -0.3 is 15.7 Å². The molecule has 0 saturated heterocycles. The van der Waals surface area contributed by atoms with E-state index < -0.39 is 5.97 Å². The van der Waals surface area contributed by atoms with Crippen molar-refractivity contribution in [1.29, 1.82) is 0 Å². The van der Waals surface area contributed by atoms with Crippen molar-refractivity contribution in [1.82, 2.24) is 10.6 Å². The zero-order chi connectivity index (χ0) is 14.8. The van der Waals surface area contributed by atoms with E-state index in [4.69, 9.17) is 5.11 Å². The van der Waals surface area contributed by atoms with Gasteiger partial charge >= 0.3 is 12.0 Å². The van der Waals surface area contributed by atoms with Gasteiger partial charge in [0.2, 0.25) is 0 Å². The Morgan fingerprint density at radius 3 is 2.55 bits per heavy atom. The summed E-state index contributed by atoms with van der Waals surface area (Å²) in [6.07, 6.45) is 2.21. The Morgan fingerprint density at radius 2 is 1.95 bits per heavy atom. The summed E-state index contributed by atoms with van der Waals surface area (Å²) in [5.41, 5.74) is 1.16. The normalized spacial score (nSPS) is 11.7. The van der Waals surface area contributed by atoms with Gasteiger partial charge in [0.05, 0.1) is 6.42 Å². The minimum absolute atomic E-state index is 0.0417. The molecule has 5 nitrogen and oxygen atoms in total. The molecule has 0 aliphatic heterocycles. The van der Waals surface area contributed by atoms with Gasteiger partial charge in [0.15, 0.2) is 0 Å². The maximum absolute atomic E-state index is 11.7. The van der Waals surface area contributed by atoms with E-state index in [1.807, 2.05) is 37.3 Å². The second-order valence-electron chi connectivity index (χ2n) is 4.72. The first-order valence-electron chi connectivity index (χ1n) is 6.92. The Morgan fingerprint density at radius 1 is 1.25 bits per heavy atom. The molecule has 0 fully saturated rings. The smallest absolute Gasteiger partial charge is 0.315 e. The molecule has 1 aromatic carbocycles. The topological polar surface area (TPSA) is 78.4 Å². The zero-order valence-electron chi connectivity index (χ0n) is 11.8. The molecule has 0 bridgehead atoms. The molecule has 3 N–H and O–H groups in total. The van der Waals surface area contributed by atoms with Crippen LogP contribution < -0.4 is 10.6 Å². The molecule has 0 aliphatic carbocycles. The standard InChI is InChI=1S/C15H22N2O3/c1-2-6-13(11-14(18)19)17-15(20)16-10-9-12-7-4-3-5-8-12/h3-5,7-8,13H,2,6,9-11H2,1H3,(H,18,19)(H2,16,17,20). The van der Waals surface area contributed by atoms with Crippen molar-refractivity contribution in [2.75, 3.05) is 6.54 Å². The molecule has 2 amide bonds. The van der Waals surface area contributed by atoms with Gasteiger partial charge in [-0.05, 0) is 18.4 Å². The predicted octanol–water partition coefficient (Wildman–Crippen LogP) is 2.17. The molecule has 0 radical (unpaired) electrons. The van der Waals surface area contributed by atoms with Crippen molar-refractivity contribution in [3.05, 3.63) is 35.9 Å². The first-order valence-corrected chi connectivity index (χ1v) is 6.92. The van der Waals surface area contributed by atoms with Gasteiger partial charge in [-0.15, -0.1) is 0 Å². The van der Waals surface area contributed by atoms with Crippen LogP contribution in [-0.4, -0.2) is 29.7 Å². The van der Waals surface area contributed by atoms with Gasteiger partial charge in [0, 0.05) is 12.6 Å². The number of rotatable bonds is 8. The Kier molecular flexibility index (Phi) is 7.17. The Hall–Kier alpha value is -2.04. The van der Waals surface area contributed by atoms with Gasteiger partial charge in [0.25, 0.3) is 0 Å².